The largest absolute Gasteiger partial charge is 0.370 e. The maximum atomic E-state index is 11.9. The number of nitrogens with zero attached hydrogens (tertiary/aromatic N) is 1. The average Bonchev–Trinajstić information content (AvgIpc) is 2.42. The van der Waals surface area contributed by atoms with E-state index in [4.69, 9.17) is 5.73 Å². The van der Waals surface area contributed by atoms with Gasteiger partial charge in [-0.2, -0.15) is 0 Å². The number of hydrogen-bond donors (Lipinski definition) is 3. The van der Waals surface area contributed by atoms with E-state index < -0.39 is 0 Å². The van der Waals surface area contributed by atoms with Gasteiger partial charge in [-0.3, -0.25) is 4.79 Å². The van der Waals surface area contributed by atoms with Crippen LogP contribution in [0.2, 0.25) is 0 Å². The second kappa shape index (κ2) is 7.82. The van der Waals surface area contributed by atoms with Gasteiger partial charge in [-0.25, -0.2) is 4.99 Å². The molecule has 0 aromatic heterocycles. The highest BCUT2D eigenvalue weighted by molar-refractivity contribution is 5.92. The molecule has 1 aromatic carbocycles. The van der Waals surface area contributed by atoms with Crippen LogP contribution in [0.25, 0.3) is 0 Å². The minimum atomic E-state index is -0.111. The molecule has 1 atom stereocenters. The molecule has 0 heterocycles. The molecule has 5 nitrogen and oxygen atoms in total. The average molecular weight is 304 g/mol. The van der Waals surface area contributed by atoms with Crippen LogP contribution in [0.3, 0.4) is 0 Å². The summed E-state index contributed by atoms with van der Waals surface area (Å²) in [4.78, 5) is 16.2. The first kappa shape index (κ1) is 18.0. The number of hydrogen-bond acceptors (Lipinski definition) is 2. The molecule has 0 aliphatic rings. The molecule has 0 spiro atoms. The highest BCUT2D eigenvalue weighted by Crippen LogP contribution is 2.13. The van der Waals surface area contributed by atoms with E-state index in [0.29, 0.717) is 12.5 Å². The lowest BCUT2D eigenvalue weighted by molar-refractivity contribution is -0.119. The van der Waals surface area contributed by atoms with Gasteiger partial charge >= 0.3 is 0 Å². The van der Waals surface area contributed by atoms with E-state index >= 15 is 0 Å². The number of guanidine groups is 1. The van der Waals surface area contributed by atoms with Crippen molar-refractivity contribution in [2.75, 3.05) is 5.32 Å². The zero-order chi connectivity index (χ0) is 16.8. The van der Waals surface area contributed by atoms with Crippen molar-refractivity contribution in [1.82, 2.24) is 5.32 Å². The minimum Gasteiger partial charge on any atom is -0.370 e. The molecular formula is C17H28N4O. The van der Waals surface area contributed by atoms with E-state index in [0.717, 1.165) is 17.7 Å². The number of nitrogens with one attached hydrogen (secondary N) is 2. The number of anilines is 1. The first-order chi connectivity index (χ1) is 10.2. The van der Waals surface area contributed by atoms with Crippen LogP contribution in [0.15, 0.2) is 29.3 Å². The van der Waals surface area contributed by atoms with Gasteiger partial charge < -0.3 is 16.4 Å². The zero-order valence-corrected chi connectivity index (χ0v) is 14.2. The molecule has 122 valence electrons. The Labute approximate surface area is 133 Å². The zero-order valence-electron chi connectivity index (χ0n) is 14.2. The monoisotopic (exact) mass is 304 g/mol. The van der Waals surface area contributed by atoms with Crippen LogP contribution in [0.5, 0.6) is 0 Å². The van der Waals surface area contributed by atoms with Gasteiger partial charge in [0.25, 0.3) is 0 Å². The lowest BCUT2D eigenvalue weighted by Gasteiger charge is -2.21. The summed E-state index contributed by atoms with van der Waals surface area (Å²) in [6.07, 6.45) is 0.824. The summed E-state index contributed by atoms with van der Waals surface area (Å²) in [6, 6.07) is 7.68. The van der Waals surface area contributed by atoms with Crippen LogP contribution in [0.4, 0.5) is 5.69 Å². The maximum Gasteiger partial charge on any atom is 0.227 e. The molecule has 0 aliphatic carbocycles. The third kappa shape index (κ3) is 6.61. The van der Waals surface area contributed by atoms with Gasteiger partial charge in [-0.1, -0.05) is 26.0 Å². The van der Waals surface area contributed by atoms with Gasteiger partial charge in [0.2, 0.25) is 5.91 Å². The summed E-state index contributed by atoms with van der Waals surface area (Å²) >= 11 is 0. The summed E-state index contributed by atoms with van der Waals surface area (Å²) in [6.45, 7) is 10.5. The SMILES string of the molecule is CCC(C)C(=O)Nc1cccc(CN=C(N)NC(C)(C)C)c1. The first-order valence-corrected chi connectivity index (χ1v) is 7.69. The summed E-state index contributed by atoms with van der Waals surface area (Å²) in [5.74, 6) is 0.465. The number of carbonyl (C=O) groups excluding carboxylic acids is 1. The van der Waals surface area contributed by atoms with Gasteiger partial charge in [0.15, 0.2) is 5.96 Å². The molecule has 0 saturated heterocycles. The molecule has 1 amide bonds. The van der Waals surface area contributed by atoms with Crippen molar-refractivity contribution in [2.45, 2.75) is 53.1 Å². The van der Waals surface area contributed by atoms with Crippen LogP contribution in [0, 0.1) is 5.92 Å². The van der Waals surface area contributed by atoms with Crippen molar-refractivity contribution >= 4 is 17.6 Å². The number of carbonyl (C=O) groups is 1. The van der Waals surface area contributed by atoms with Crippen molar-refractivity contribution in [3.63, 3.8) is 0 Å². The third-order valence-electron chi connectivity index (χ3n) is 3.19. The Bertz CT molecular complexity index is 532. The molecule has 0 aliphatic heterocycles. The Morgan fingerprint density at radius 1 is 1.36 bits per heavy atom. The molecule has 1 unspecified atom stereocenters. The van der Waals surface area contributed by atoms with Crippen LogP contribution in [-0.4, -0.2) is 17.4 Å². The smallest absolute Gasteiger partial charge is 0.227 e. The van der Waals surface area contributed by atoms with E-state index in [2.05, 4.69) is 15.6 Å². The van der Waals surface area contributed by atoms with Crippen LogP contribution < -0.4 is 16.4 Å². The van der Waals surface area contributed by atoms with Crippen molar-refractivity contribution < 1.29 is 4.79 Å². The predicted octanol–water partition coefficient (Wildman–Crippen LogP) is 2.87. The van der Waals surface area contributed by atoms with E-state index in [-0.39, 0.29) is 17.4 Å². The Hall–Kier alpha value is -2.04. The summed E-state index contributed by atoms with van der Waals surface area (Å²) < 4.78 is 0. The van der Waals surface area contributed by atoms with E-state index in [9.17, 15) is 4.79 Å². The van der Waals surface area contributed by atoms with Crippen molar-refractivity contribution in [3.8, 4) is 0 Å². The predicted molar refractivity (Wildman–Crippen MR) is 92.7 cm³/mol. The van der Waals surface area contributed by atoms with Gasteiger partial charge in [0.1, 0.15) is 0 Å². The number of nitrogens with two attached hydrogens (primary N) is 1. The molecule has 0 radical (unpaired) electrons. The highest BCUT2D eigenvalue weighted by atomic mass is 16.1. The van der Waals surface area contributed by atoms with Crippen molar-refractivity contribution in [3.05, 3.63) is 29.8 Å². The van der Waals surface area contributed by atoms with Crippen molar-refractivity contribution in [2.24, 2.45) is 16.6 Å². The second-order valence-electron chi connectivity index (χ2n) is 6.58. The van der Waals surface area contributed by atoms with Crippen LogP contribution in [-0.2, 0) is 11.3 Å². The Morgan fingerprint density at radius 2 is 2.05 bits per heavy atom. The molecule has 1 aromatic rings. The highest BCUT2D eigenvalue weighted by Gasteiger charge is 2.11. The van der Waals surface area contributed by atoms with Crippen LogP contribution in [0.1, 0.15) is 46.6 Å². The third-order valence-corrected chi connectivity index (χ3v) is 3.19. The summed E-state index contributed by atoms with van der Waals surface area (Å²) in [5, 5.41) is 6.04. The topological polar surface area (TPSA) is 79.5 Å². The summed E-state index contributed by atoms with van der Waals surface area (Å²) in [7, 11) is 0. The standard InChI is InChI=1S/C17H28N4O/c1-6-12(2)15(22)20-14-9-7-8-13(10-14)11-19-16(18)21-17(3,4)5/h7-10,12H,6,11H2,1-5H3,(H,20,22)(H3,18,19,21). The van der Waals surface area contributed by atoms with Gasteiger partial charge in [-0.05, 0) is 44.9 Å². The van der Waals surface area contributed by atoms with Crippen molar-refractivity contribution in [1.29, 1.82) is 0 Å². The molecule has 0 bridgehead atoms. The quantitative estimate of drug-likeness (QED) is 0.578. The molecule has 0 fully saturated rings. The molecule has 5 heteroatoms. The Balaban J connectivity index is 2.68. The lowest BCUT2D eigenvalue weighted by atomic mass is 10.1. The van der Waals surface area contributed by atoms with E-state index in [1.54, 1.807) is 0 Å². The number of benzene rings is 1. The number of rotatable bonds is 5. The maximum absolute atomic E-state index is 11.9. The summed E-state index contributed by atoms with van der Waals surface area (Å²) in [5.41, 5.74) is 7.53. The van der Waals surface area contributed by atoms with E-state index in [1.165, 1.54) is 0 Å². The van der Waals surface area contributed by atoms with Crippen LogP contribution >= 0.6 is 0 Å². The fourth-order valence-electron chi connectivity index (χ4n) is 1.80. The lowest BCUT2D eigenvalue weighted by Crippen LogP contribution is -2.44. The fraction of sp³-hybridized carbons (Fsp3) is 0.529. The molecule has 0 saturated carbocycles. The molecule has 4 N–H and O–H groups in total. The Morgan fingerprint density at radius 3 is 2.64 bits per heavy atom. The molecule has 22 heavy (non-hydrogen) atoms. The normalized spacial score (nSPS) is 13.6. The van der Waals surface area contributed by atoms with Gasteiger partial charge in [0, 0.05) is 17.1 Å². The van der Waals surface area contributed by atoms with Gasteiger partial charge in [0.05, 0.1) is 6.54 Å². The molecular weight excluding hydrogens is 276 g/mol. The Kier molecular flexibility index (Phi) is 6.40. The minimum absolute atomic E-state index is 0.00769. The van der Waals surface area contributed by atoms with Gasteiger partial charge in [-0.15, -0.1) is 0 Å². The van der Waals surface area contributed by atoms with E-state index in [1.807, 2.05) is 58.9 Å². The molecule has 1 rings (SSSR count). The fourth-order valence-corrected chi connectivity index (χ4v) is 1.80. The number of amides is 1. The second-order valence-corrected chi connectivity index (χ2v) is 6.58. The number of aliphatic imine (C=N–C) groups is 1. The first-order valence-electron chi connectivity index (χ1n) is 7.69.